The van der Waals surface area contributed by atoms with E-state index in [1.165, 1.54) is 0 Å². The zero-order chi connectivity index (χ0) is 14.7. The number of carbonyl (C=O) groups is 1. The summed E-state index contributed by atoms with van der Waals surface area (Å²) in [7, 11) is 0. The molecule has 0 saturated carbocycles. The molecule has 0 aliphatic carbocycles. The number of carbonyl (C=O) groups excluding carboxylic acids is 1. The van der Waals surface area contributed by atoms with Crippen LogP contribution >= 0.6 is 0 Å². The van der Waals surface area contributed by atoms with Crippen LogP contribution in [0.25, 0.3) is 0 Å². The second-order valence-corrected chi connectivity index (χ2v) is 4.91. The van der Waals surface area contributed by atoms with E-state index >= 15 is 0 Å². The van der Waals surface area contributed by atoms with Crippen molar-refractivity contribution >= 4 is 11.6 Å². The molecule has 0 radical (unpaired) electrons. The van der Waals surface area contributed by atoms with Crippen molar-refractivity contribution in [3.05, 3.63) is 53.9 Å². The minimum atomic E-state index is -0.161. The van der Waals surface area contributed by atoms with Gasteiger partial charge in [-0.2, -0.15) is 0 Å². The summed E-state index contributed by atoms with van der Waals surface area (Å²) in [6, 6.07) is 11.0. The number of ether oxygens (including phenoxy) is 1. The molecule has 5 heteroatoms. The highest BCUT2D eigenvalue weighted by molar-refractivity contribution is 5.99. The molecular formula is C16H17N3O2. The maximum atomic E-state index is 12.5. The Morgan fingerprint density at radius 2 is 2.24 bits per heavy atom. The van der Waals surface area contributed by atoms with Crippen molar-refractivity contribution in [3.8, 4) is 5.75 Å². The summed E-state index contributed by atoms with van der Waals surface area (Å²) in [5.74, 6) is 0.461. The monoisotopic (exact) mass is 283 g/mol. The second kappa shape index (κ2) is 5.83. The van der Waals surface area contributed by atoms with Gasteiger partial charge in [0.05, 0.1) is 23.0 Å². The number of hydrogen-bond donors (Lipinski definition) is 2. The summed E-state index contributed by atoms with van der Waals surface area (Å²) < 4.78 is 5.62. The lowest BCUT2D eigenvalue weighted by Gasteiger charge is -2.22. The number of aromatic nitrogens is 1. The molecule has 1 atom stereocenters. The number of pyridine rings is 1. The number of rotatable bonds is 3. The number of amides is 1. The third-order valence-electron chi connectivity index (χ3n) is 3.40. The van der Waals surface area contributed by atoms with Crippen molar-refractivity contribution in [2.75, 3.05) is 18.5 Å². The van der Waals surface area contributed by atoms with Crippen molar-refractivity contribution < 1.29 is 9.53 Å². The number of anilines is 1. The van der Waals surface area contributed by atoms with E-state index in [0.29, 0.717) is 17.9 Å². The fourth-order valence-electron chi connectivity index (χ4n) is 2.33. The predicted octanol–water partition coefficient (Wildman–Crippen LogP) is 2.38. The molecular weight excluding hydrogens is 266 g/mol. The quantitative estimate of drug-likeness (QED) is 0.908. The van der Waals surface area contributed by atoms with Crippen molar-refractivity contribution in [2.24, 2.45) is 0 Å². The molecule has 2 N–H and O–H groups in total. The molecule has 1 aromatic carbocycles. The lowest BCUT2D eigenvalue weighted by atomic mass is 10.1. The number of nitrogens with zero attached hydrogens (tertiary/aromatic N) is 1. The second-order valence-electron chi connectivity index (χ2n) is 4.91. The van der Waals surface area contributed by atoms with Crippen molar-refractivity contribution in [2.45, 2.75) is 13.0 Å². The van der Waals surface area contributed by atoms with Crippen LogP contribution < -0.4 is 15.4 Å². The number of nitrogens with one attached hydrogen (secondary N) is 2. The summed E-state index contributed by atoms with van der Waals surface area (Å²) in [6.45, 7) is 3.23. The first-order chi connectivity index (χ1) is 10.3. The van der Waals surface area contributed by atoms with E-state index in [0.717, 1.165) is 17.9 Å². The van der Waals surface area contributed by atoms with E-state index in [9.17, 15) is 4.79 Å². The Morgan fingerprint density at radius 3 is 3.05 bits per heavy atom. The van der Waals surface area contributed by atoms with E-state index in [1.807, 2.05) is 37.3 Å². The Balaban J connectivity index is 1.80. The lowest BCUT2D eigenvalue weighted by Crippen LogP contribution is -2.29. The van der Waals surface area contributed by atoms with E-state index < -0.39 is 0 Å². The lowest BCUT2D eigenvalue weighted by molar-refractivity contribution is 0.0935. The summed E-state index contributed by atoms with van der Waals surface area (Å²) in [5, 5.41) is 6.18. The van der Waals surface area contributed by atoms with Crippen LogP contribution in [0.3, 0.4) is 0 Å². The minimum absolute atomic E-state index is 0.159. The Morgan fingerprint density at radius 1 is 1.33 bits per heavy atom. The zero-order valence-electron chi connectivity index (χ0n) is 11.8. The molecule has 1 aromatic heterocycles. The third kappa shape index (κ3) is 2.81. The van der Waals surface area contributed by atoms with Crippen LogP contribution in [0.15, 0.2) is 42.6 Å². The molecule has 1 aliphatic rings. The van der Waals surface area contributed by atoms with Crippen LogP contribution in [0, 0.1) is 0 Å². The Hall–Kier alpha value is -2.56. The Bertz CT molecular complexity index is 643. The average Bonchev–Trinajstić information content (AvgIpc) is 2.55. The fourth-order valence-corrected chi connectivity index (χ4v) is 2.33. The average molecular weight is 283 g/mol. The van der Waals surface area contributed by atoms with Crippen LogP contribution in [0.4, 0.5) is 5.69 Å². The van der Waals surface area contributed by atoms with Crippen LogP contribution in [-0.2, 0) is 0 Å². The molecule has 0 spiro atoms. The topological polar surface area (TPSA) is 63.2 Å². The van der Waals surface area contributed by atoms with Gasteiger partial charge in [0.2, 0.25) is 0 Å². The zero-order valence-corrected chi connectivity index (χ0v) is 11.8. The summed E-state index contributed by atoms with van der Waals surface area (Å²) >= 11 is 0. The van der Waals surface area contributed by atoms with Gasteiger partial charge in [-0.15, -0.1) is 0 Å². The Labute approximate surface area is 123 Å². The number of benzene rings is 1. The van der Waals surface area contributed by atoms with Gasteiger partial charge in [-0.25, -0.2) is 0 Å². The largest absolute Gasteiger partial charge is 0.489 e. The molecule has 108 valence electrons. The van der Waals surface area contributed by atoms with Gasteiger partial charge in [0.25, 0.3) is 5.91 Å². The normalized spacial score (nSPS) is 14.3. The molecule has 0 saturated heterocycles. The molecule has 21 heavy (non-hydrogen) atoms. The molecule has 1 unspecified atom stereocenters. The molecule has 2 heterocycles. The maximum absolute atomic E-state index is 12.5. The standard InChI is InChI=1S/C16H17N3O2/c1-11(13-6-2-3-8-17-13)19-16(20)12-5-4-7-14-15(12)21-10-9-18-14/h2-8,11,18H,9-10H2,1H3,(H,19,20). The molecule has 5 nitrogen and oxygen atoms in total. The molecule has 3 rings (SSSR count). The van der Waals surface area contributed by atoms with Gasteiger partial charge in [0.1, 0.15) is 6.61 Å². The highest BCUT2D eigenvalue weighted by Gasteiger charge is 2.20. The third-order valence-corrected chi connectivity index (χ3v) is 3.40. The fraction of sp³-hybridized carbons (Fsp3) is 0.250. The molecule has 1 amide bonds. The molecule has 2 aromatic rings. The van der Waals surface area contributed by atoms with Gasteiger partial charge in [0, 0.05) is 12.7 Å². The van der Waals surface area contributed by atoms with Crippen LogP contribution in [0.2, 0.25) is 0 Å². The van der Waals surface area contributed by atoms with E-state index in [2.05, 4.69) is 15.6 Å². The van der Waals surface area contributed by atoms with Gasteiger partial charge in [0.15, 0.2) is 5.75 Å². The van der Waals surface area contributed by atoms with Gasteiger partial charge < -0.3 is 15.4 Å². The molecule has 0 fully saturated rings. The minimum Gasteiger partial charge on any atom is -0.489 e. The molecule has 0 bridgehead atoms. The maximum Gasteiger partial charge on any atom is 0.255 e. The predicted molar refractivity (Wildman–Crippen MR) is 80.5 cm³/mol. The highest BCUT2D eigenvalue weighted by atomic mass is 16.5. The van der Waals surface area contributed by atoms with E-state index in [4.69, 9.17) is 4.74 Å². The number of para-hydroxylation sites is 1. The Kier molecular flexibility index (Phi) is 3.73. The van der Waals surface area contributed by atoms with Gasteiger partial charge in [-0.05, 0) is 31.2 Å². The van der Waals surface area contributed by atoms with Gasteiger partial charge in [-0.1, -0.05) is 12.1 Å². The summed E-state index contributed by atoms with van der Waals surface area (Å²) in [6.07, 6.45) is 1.72. The van der Waals surface area contributed by atoms with Crippen molar-refractivity contribution in [1.29, 1.82) is 0 Å². The number of hydrogen-bond acceptors (Lipinski definition) is 4. The van der Waals surface area contributed by atoms with E-state index in [1.54, 1.807) is 12.3 Å². The van der Waals surface area contributed by atoms with Crippen molar-refractivity contribution in [3.63, 3.8) is 0 Å². The van der Waals surface area contributed by atoms with Crippen LogP contribution in [0.1, 0.15) is 29.0 Å². The first kappa shape index (κ1) is 13.4. The summed E-state index contributed by atoms with van der Waals surface area (Å²) in [5.41, 5.74) is 2.23. The van der Waals surface area contributed by atoms with E-state index in [-0.39, 0.29) is 11.9 Å². The SMILES string of the molecule is CC(NC(=O)c1cccc2c1OCCN2)c1ccccn1. The first-order valence-corrected chi connectivity index (χ1v) is 6.97. The smallest absolute Gasteiger partial charge is 0.255 e. The van der Waals surface area contributed by atoms with Crippen LogP contribution in [0.5, 0.6) is 5.75 Å². The van der Waals surface area contributed by atoms with Crippen LogP contribution in [-0.4, -0.2) is 24.0 Å². The summed E-state index contributed by atoms with van der Waals surface area (Å²) in [4.78, 5) is 16.7. The molecule has 1 aliphatic heterocycles. The van der Waals surface area contributed by atoms with Gasteiger partial charge >= 0.3 is 0 Å². The first-order valence-electron chi connectivity index (χ1n) is 6.97. The van der Waals surface area contributed by atoms with Crippen molar-refractivity contribution in [1.82, 2.24) is 10.3 Å². The highest BCUT2D eigenvalue weighted by Crippen LogP contribution is 2.31. The number of fused-ring (bicyclic) bond motifs is 1. The van der Waals surface area contributed by atoms with Gasteiger partial charge in [-0.3, -0.25) is 9.78 Å².